The Morgan fingerprint density at radius 3 is 2.04 bits per heavy atom. The summed E-state index contributed by atoms with van der Waals surface area (Å²) in [5, 5.41) is 19.1. The van der Waals surface area contributed by atoms with Crippen LogP contribution in [0, 0.1) is 20.2 Å². The summed E-state index contributed by atoms with van der Waals surface area (Å²) in [6.45, 7) is 5.33. The van der Waals surface area contributed by atoms with Crippen molar-refractivity contribution in [3.8, 4) is 40.5 Å². The van der Waals surface area contributed by atoms with E-state index in [9.17, 15) is 29.8 Å². The van der Waals surface area contributed by atoms with Gasteiger partial charge in [0.1, 0.15) is 25.6 Å². The largest absolute Gasteiger partial charge is 0.513 e. The van der Waals surface area contributed by atoms with Crippen LogP contribution in [-0.2, 0) is 45.9 Å². The Morgan fingerprint density at radius 1 is 0.761 bits per heavy atom. The minimum Gasteiger partial charge on any atom is -0.493 e. The van der Waals surface area contributed by atoms with Crippen LogP contribution in [0.2, 0.25) is 0 Å². The molecule has 24 nitrogen and oxygen atoms in total. The smallest absolute Gasteiger partial charge is 0.493 e. The van der Waals surface area contributed by atoms with Gasteiger partial charge < -0.3 is 42.8 Å². The number of rotatable bonds is 23. The molecule has 0 N–H and O–H groups in total. The Hall–Kier alpha value is -8.09. The summed E-state index contributed by atoms with van der Waals surface area (Å²) in [5.41, 5.74) is 0.878. The van der Waals surface area contributed by atoms with Gasteiger partial charge in [0.2, 0.25) is 11.6 Å². The zero-order valence-corrected chi connectivity index (χ0v) is 37.5. The summed E-state index contributed by atoms with van der Waals surface area (Å²) >= 11 is 0. The predicted molar refractivity (Wildman–Crippen MR) is 231 cm³/mol. The van der Waals surface area contributed by atoms with Crippen molar-refractivity contribution >= 4 is 28.2 Å². The Bertz CT molecular complexity index is 2580. The van der Waals surface area contributed by atoms with Gasteiger partial charge in [0, 0.05) is 12.4 Å². The van der Waals surface area contributed by atoms with Crippen molar-refractivity contribution in [1.82, 2.24) is 19.9 Å². The zero-order chi connectivity index (χ0) is 48.6. The third-order valence-electron chi connectivity index (χ3n) is 8.90. The van der Waals surface area contributed by atoms with Crippen LogP contribution in [0.4, 0.5) is 15.4 Å². The van der Waals surface area contributed by atoms with E-state index < -0.39 is 69.4 Å². The maximum atomic E-state index is 15.1. The lowest BCUT2D eigenvalue weighted by Gasteiger charge is -2.30. The second-order valence-corrected chi connectivity index (χ2v) is 16.5. The number of para-hydroxylation sites is 2. The highest BCUT2D eigenvalue weighted by Crippen LogP contribution is 2.44. The SMILES string of the molecule is COc1ccccc1Oc1c(OCCOC(=O)Oc2ccc(CO[N+](=O)[O-])cc2)nc(-c2ncccn2)nc1N(C(C)OC(=O)OCCCCO[N+](=O)[O-])S(=O)(=O)c1ccc(C(C)(C)C)cc1. The highest BCUT2D eigenvalue weighted by atomic mass is 32.2. The number of unbranched alkanes of at least 4 members (excludes halogenated alkanes) is 1. The molecule has 0 saturated heterocycles. The molecule has 0 spiro atoms. The van der Waals surface area contributed by atoms with Crippen LogP contribution in [0.3, 0.4) is 0 Å². The number of hydrogen-bond donors (Lipinski definition) is 0. The molecule has 0 radical (unpaired) electrons. The van der Waals surface area contributed by atoms with Gasteiger partial charge in [0.25, 0.3) is 26.1 Å². The molecule has 0 aliphatic heterocycles. The first-order valence-corrected chi connectivity index (χ1v) is 21.5. The third kappa shape index (κ3) is 14.5. The normalized spacial score (nSPS) is 11.6. The van der Waals surface area contributed by atoms with E-state index in [1.807, 2.05) is 20.8 Å². The summed E-state index contributed by atoms with van der Waals surface area (Å²) in [4.78, 5) is 72.7. The number of hydrogen-bond acceptors (Lipinski definition) is 21. The van der Waals surface area contributed by atoms with Crippen LogP contribution in [-0.4, -0.2) is 90.6 Å². The Labute approximate surface area is 382 Å². The van der Waals surface area contributed by atoms with Crippen LogP contribution in [0.15, 0.2) is 96.2 Å². The number of carbonyl (C=O) groups excluding carboxylic acids is 2. The van der Waals surface area contributed by atoms with Gasteiger partial charge in [-0.3, -0.25) is 0 Å². The first kappa shape index (κ1) is 49.9. The van der Waals surface area contributed by atoms with Crippen LogP contribution in [0.1, 0.15) is 51.7 Å². The molecule has 1 unspecified atom stereocenters. The van der Waals surface area contributed by atoms with Crippen molar-refractivity contribution in [3.05, 3.63) is 123 Å². The minimum absolute atomic E-state index is 0.0279. The van der Waals surface area contributed by atoms with Gasteiger partial charge in [-0.25, -0.2) is 37.3 Å². The number of aromatic nitrogens is 4. The molecular formula is C42H45N7O17S. The van der Waals surface area contributed by atoms with Crippen molar-refractivity contribution < 1.29 is 71.0 Å². The lowest BCUT2D eigenvalue weighted by molar-refractivity contribution is -0.763. The van der Waals surface area contributed by atoms with Crippen molar-refractivity contribution in [1.29, 1.82) is 0 Å². The maximum Gasteiger partial charge on any atom is 0.513 e. The predicted octanol–water partition coefficient (Wildman–Crippen LogP) is 7.02. The van der Waals surface area contributed by atoms with Crippen LogP contribution < -0.4 is 23.3 Å². The van der Waals surface area contributed by atoms with Gasteiger partial charge >= 0.3 is 12.3 Å². The highest BCUT2D eigenvalue weighted by molar-refractivity contribution is 7.92. The second kappa shape index (κ2) is 23.2. The molecular weight excluding hydrogens is 907 g/mol. The highest BCUT2D eigenvalue weighted by Gasteiger charge is 2.39. The third-order valence-corrected chi connectivity index (χ3v) is 10.8. The zero-order valence-electron chi connectivity index (χ0n) is 36.7. The van der Waals surface area contributed by atoms with E-state index in [1.165, 1.54) is 75.0 Å². The lowest BCUT2D eigenvalue weighted by atomic mass is 9.87. The number of anilines is 1. The van der Waals surface area contributed by atoms with Crippen molar-refractivity contribution in [2.24, 2.45) is 0 Å². The van der Waals surface area contributed by atoms with Crippen molar-refractivity contribution in [3.63, 3.8) is 0 Å². The molecule has 2 aromatic heterocycles. The molecule has 25 heteroatoms. The molecule has 0 saturated carbocycles. The van der Waals surface area contributed by atoms with E-state index >= 15 is 8.42 Å². The van der Waals surface area contributed by atoms with E-state index in [0.717, 1.165) is 5.56 Å². The fourth-order valence-electron chi connectivity index (χ4n) is 5.69. The summed E-state index contributed by atoms with van der Waals surface area (Å²) in [5.74, 6) is -1.58. The van der Waals surface area contributed by atoms with Crippen molar-refractivity contribution in [2.45, 2.75) is 63.7 Å². The van der Waals surface area contributed by atoms with Crippen LogP contribution in [0.25, 0.3) is 11.6 Å². The number of carbonyl (C=O) groups is 2. The van der Waals surface area contributed by atoms with Crippen molar-refractivity contribution in [2.75, 3.05) is 37.8 Å². The lowest BCUT2D eigenvalue weighted by Crippen LogP contribution is -2.42. The number of benzene rings is 3. The number of nitrogens with zero attached hydrogens (tertiary/aromatic N) is 7. The number of ether oxygens (including phenoxy) is 7. The van der Waals surface area contributed by atoms with E-state index in [4.69, 9.17) is 33.2 Å². The van der Waals surface area contributed by atoms with Crippen LogP contribution >= 0.6 is 0 Å². The average molecular weight is 952 g/mol. The van der Waals surface area contributed by atoms with E-state index in [-0.39, 0.29) is 71.9 Å². The molecule has 0 amide bonds. The van der Waals surface area contributed by atoms with Gasteiger partial charge in [0.05, 0.1) is 25.2 Å². The summed E-state index contributed by atoms with van der Waals surface area (Å²) in [6, 6.07) is 19.5. The summed E-state index contributed by atoms with van der Waals surface area (Å²) < 4.78 is 69.9. The minimum atomic E-state index is -4.82. The Balaban J connectivity index is 1.56. The summed E-state index contributed by atoms with van der Waals surface area (Å²) in [6.07, 6.45) is -1.16. The average Bonchev–Trinajstić information content (AvgIpc) is 3.29. The molecule has 3 aromatic carbocycles. The van der Waals surface area contributed by atoms with E-state index in [0.29, 0.717) is 9.87 Å². The van der Waals surface area contributed by atoms with E-state index in [1.54, 1.807) is 30.3 Å². The first-order chi connectivity index (χ1) is 32.0. The molecule has 1 atom stereocenters. The quantitative estimate of drug-likeness (QED) is 0.0159. The van der Waals surface area contributed by atoms with Gasteiger partial charge in [0.15, 0.2) is 29.4 Å². The Kier molecular flexibility index (Phi) is 17.3. The fourth-order valence-corrected chi connectivity index (χ4v) is 7.19. The molecule has 0 aliphatic rings. The molecule has 356 valence electrons. The van der Waals surface area contributed by atoms with E-state index in [2.05, 4.69) is 29.6 Å². The molecule has 0 aliphatic carbocycles. The fraction of sp³-hybridized carbons (Fsp3) is 0.333. The van der Waals surface area contributed by atoms with Crippen LogP contribution in [0.5, 0.6) is 28.9 Å². The molecule has 5 rings (SSSR count). The molecule has 67 heavy (non-hydrogen) atoms. The topological polar surface area (TPSA) is 292 Å². The second-order valence-electron chi connectivity index (χ2n) is 14.7. The first-order valence-electron chi connectivity index (χ1n) is 20.1. The van der Waals surface area contributed by atoms with Gasteiger partial charge in [-0.05, 0) is 78.8 Å². The number of sulfonamides is 1. The molecule has 2 heterocycles. The van der Waals surface area contributed by atoms with Gasteiger partial charge in [-0.15, -0.1) is 20.2 Å². The maximum absolute atomic E-state index is 15.1. The monoisotopic (exact) mass is 951 g/mol. The Morgan fingerprint density at radius 2 is 1.40 bits per heavy atom. The molecule has 5 aromatic rings. The van der Waals surface area contributed by atoms with Gasteiger partial charge in [-0.2, -0.15) is 4.98 Å². The number of methoxy groups -OCH3 is 1. The summed E-state index contributed by atoms with van der Waals surface area (Å²) in [7, 11) is -3.45. The standard InChI is InChI=1S/C42H45N7O17S/c1-28(64-40(50)60-23-8-9-24-62-48(52)53)47(67(56,57)32-19-15-30(16-20-32)42(2,3)4)38-35(66-34-12-7-6-11-33(34)58-5)39(46-37(45-38)36-43-21-10-22-44-36)59-25-26-61-41(51)65-31-17-13-29(14-18-31)27-63-49(54)55/h6-7,10-22,28H,8-9,23-27H2,1-5H3. The van der Waals surface area contributed by atoms with Gasteiger partial charge in [-0.1, -0.05) is 57.2 Å². The molecule has 0 fully saturated rings. The molecule has 0 bridgehead atoms.